The zero-order valence-corrected chi connectivity index (χ0v) is 9.12. The first-order valence-corrected chi connectivity index (χ1v) is 5.63. The molecule has 0 aromatic rings. The van der Waals surface area contributed by atoms with Crippen molar-refractivity contribution in [2.24, 2.45) is 16.9 Å². The molecule has 1 rings (SSSR count). The Morgan fingerprint density at radius 2 is 2.08 bits per heavy atom. The molecule has 1 amide bonds. The fourth-order valence-corrected chi connectivity index (χ4v) is 3.41. The molecule has 1 aliphatic rings. The molecular formula is C9H18N2OS. The molecule has 1 fully saturated rings. The molecule has 3 nitrogen and oxygen atoms in total. The topological polar surface area (TPSA) is 69.1 Å². The molecule has 1 saturated heterocycles. The summed E-state index contributed by atoms with van der Waals surface area (Å²) in [6, 6.07) is 0. The lowest BCUT2D eigenvalue weighted by Crippen LogP contribution is -2.52. The van der Waals surface area contributed by atoms with Crippen molar-refractivity contribution in [2.45, 2.75) is 32.2 Å². The molecule has 76 valence electrons. The van der Waals surface area contributed by atoms with Gasteiger partial charge in [0.2, 0.25) is 5.91 Å². The molecule has 1 atom stereocenters. The summed E-state index contributed by atoms with van der Waals surface area (Å²) in [5.74, 6) is 1.67. The number of nitrogens with two attached hydrogens (primary N) is 2. The van der Waals surface area contributed by atoms with E-state index in [9.17, 15) is 4.79 Å². The van der Waals surface area contributed by atoms with Gasteiger partial charge in [0.05, 0.1) is 0 Å². The minimum absolute atomic E-state index is 0.229. The van der Waals surface area contributed by atoms with Gasteiger partial charge < -0.3 is 11.5 Å². The van der Waals surface area contributed by atoms with Gasteiger partial charge in [-0.25, -0.2) is 0 Å². The van der Waals surface area contributed by atoms with Gasteiger partial charge in [-0.05, 0) is 17.6 Å². The van der Waals surface area contributed by atoms with Crippen LogP contribution < -0.4 is 11.5 Å². The van der Waals surface area contributed by atoms with Gasteiger partial charge in [-0.1, -0.05) is 13.8 Å². The normalized spacial score (nSPS) is 32.8. The summed E-state index contributed by atoms with van der Waals surface area (Å²) in [4.78, 5) is 10.8. The Kier molecular flexibility index (Phi) is 2.92. The molecule has 4 N–H and O–H groups in total. The molecule has 0 bridgehead atoms. The van der Waals surface area contributed by atoms with E-state index in [1.165, 1.54) is 0 Å². The van der Waals surface area contributed by atoms with E-state index < -0.39 is 0 Å². The van der Waals surface area contributed by atoms with E-state index in [0.717, 1.165) is 17.9 Å². The fourth-order valence-electron chi connectivity index (χ4n) is 2.05. The summed E-state index contributed by atoms with van der Waals surface area (Å²) >= 11 is 1.82. The van der Waals surface area contributed by atoms with Crippen LogP contribution in [-0.2, 0) is 4.79 Å². The molecule has 1 aliphatic heterocycles. The van der Waals surface area contributed by atoms with Gasteiger partial charge >= 0.3 is 0 Å². The van der Waals surface area contributed by atoms with E-state index in [0.29, 0.717) is 6.42 Å². The molecule has 1 unspecified atom stereocenters. The van der Waals surface area contributed by atoms with Crippen molar-refractivity contribution >= 4 is 17.7 Å². The molecular weight excluding hydrogens is 184 g/mol. The van der Waals surface area contributed by atoms with Crippen molar-refractivity contribution in [1.29, 1.82) is 0 Å². The van der Waals surface area contributed by atoms with E-state index in [-0.39, 0.29) is 16.9 Å². The second-order valence-electron chi connectivity index (χ2n) is 4.84. The van der Waals surface area contributed by atoms with Crippen LogP contribution in [0.2, 0.25) is 0 Å². The number of amides is 1. The maximum atomic E-state index is 10.8. The van der Waals surface area contributed by atoms with Crippen LogP contribution in [0.15, 0.2) is 0 Å². The molecule has 0 saturated carbocycles. The summed E-state index contributed by atoms with van der Waals surface area (Å²) in [5.41, 5.74) is 11.1. The minimum atomic E-state index is -0.377. The summed E-state index contributed by atoms with van der Waals surface area (Å²) < 4.78 is 0. The third-order valence-corrected chi connectivity index (χ3v) is 4.00. The second kappa shape index (κ2) is 3.50. The van der Waals surface area contributed by atoms with E-state index in [2.05, 4.69) is 13.8 Å². The van der Waals surface area contributed by atoms with Gasteiger partial charge in [-0.3, -0.25) is 4.79 Å². The van der Waals surface area contributed by atoms with E-state index in [1.807, 2.05) is 11.8 Å². The van der Waals surface area contributed by atoms with Gasteiger partial charge in [0.25, 0.3) is 0 Å². The van der Waals surface area contributed by atoms with Crippen molar-refractivity contribution in [3.8, 4) is 0 Å². The fraction of sp³-hybridized carbons (Fsp3) is 0.889. The molecule has 0 spiro atoms. The van der Waals surface area contributed by atoms with Gasteiger partial charge in [-0.2, -0.15) is 11.8 Å². The molecule has 0 aromatic heterocycles. The smallest absolute Gasteiger partial charge is 0.219 e. The van der Waals surface area contributed by atoms with Crippen molar-refractivity contribution in [2.75, 3.05) is 11.5 Å². The van der Waals surface area contributed by atoms with E-state index in [4.69, 9.17) is 11.5 Å². The van der Waals surface area contributed by atoms with E-state index in [1.54, 1.807) is 0 Å². The molecule has 4 heteroatoms. The predicted molar refractivity (Wildman–Crippen MR) is 56.5 cm³/mol. The lowest BCUT2D eigenvalue weighted by molar-refractivity contribution is -0.119. The monoisotopic (exact) mass is 202 g/mol. The molecule has 0 aromatic carbocycles. The quantitative estimate of drug-likeness (QED) is 0.693. The Balaban J connectivity index is 2.63. The second-order valence-corrected chi connectivity index (χ2v) is 5.82. The zero-order valence-electron chi connectivity index (χ0n) is 8.30. The largest absolute Gasteiger partial charge is 0.370 e. The molecule has 0 aliphatic carbocycles. The van der Waals surface area contributed by atoms with Crippen LogP contribution in [0.3, 0.4) is 0 Å². The third kappa shape index (κ3) is 3.19. The Hall–Kier alpha value is -0.220. The Morgan fingerprint density at radius 3 is 2.54 bits per heavy atom. The summed E-state index contributed by atoms with van der Waals surface area (Å²) in [5, 5.41) is 0. The number of rotatable bonds is 2. The Morgan fingerprint density at radius 1 is 1.46 bits per heavy atom. The highest BCUT2D eigenvalue weighted by Crippen LogP contribution is 2.39. The average molecular weight is 202 g/mol. The van der Waals surface area contributed by atoms with Gasteiger partial charge in [0, 0.05) is 17.7 Å². The predicted octanol–water partition coefficient (Wildman–Crippen LogP) is 0.722. The number of hydrogen-bond acceptors (Lipinski definition) is 3. The first-order valence-electron chi connectivity index (χ1n) is 4.48. The minimum Gasteiger partial charge on any atom is -0.370 e. The van der Waals surface area contributed by atoms with Crippen LogP contribution in [0.5, 0.6) is 0 Å². The average Bonchev–Trinajstić information content (AvgIpc) is 1.79. The summed E-state index contributed by atoms with van der Waals surface area (Å²) in [6.07, 6.45) is 1.19. The van der Waals surface area contributed by atoms with Gasteiger partial charge in [0.15, 0.2) is 0 Å². The number of carbonyl (C=O) groups is 1. The maximum Gasteiger partial charge on any atom is 0.219 e. The Bertz CT molecular complexity index is 218. The van der Waals surface area contributed by atoms with E-state index >= 15 is 0 Å². The van der Waals surface area contributed by atoms with Crippen LogP contribution in [-0.4, -0.2) is 23.0 Å². The first kappa shape index (κ1) is 10.9. The lowest BCUT2D eigenvalue weighted by Gasteiger charge is -2.41. The van der Waals surface area contributed by atoms with Crippen LogP contribution in [0.4, 0.5) is 0 Å². The highest BCUT2D eigenvalue weighted by atomic mass is 32.2. The van der Waals surface area contributed by atoms with Crippen molar-refractivity contribution in [1.82, 2.24) is 0 Å². The first-order chi connectivity index (χ1) is 5.83. The third-order valence-electron chi connectivity index (χ3n) is 2.24. The lowest BCUT2D eigenvalue weighted by atomic mass is 9.78. The molecule has 0 radical (unpaired) electrons. The van der Waals surface area contributed by atoms with Crippen molar-refractivity contribution in [3.05, 3.63) is 0 Å². The maximum absolute atomic E-state index is 10.8. The highest BCUT2D eigenvalue weighted by molar-refractivity contribution is 7.99. The van der Waals surface area contributed by atoms with Crippen LogP contribution in [0.1, 0.15) is 26.7 Å². The standard InChI is InChI=1S/C9H18N2OS/c1-8(2)4-9(11,3-7(10)12)6-13-5-8/h3-6,11H2,1-2H3,(H2,10,12). The van der Waals surface area contributed by atoms with Crippen LogP contribution in [0.25, 0.3) is 0 Å². The van der Waals surface area contributed by atoms with Gasteiger partial charge in [-0.15, -0.1) is 0 Å². The van der Waals surface area contributed by atoms with Crippen molar-refractivity contribution in [3.63, 3.8) is 0 Å². The number of thioether (sulfide) groups is 1. The zero-order chi connectivity index (χ0) is 10.1. The number of hydrogen-bond donors (Lipinski definition) is 2. The highest BCUT2D eigenvalue weighted by Gasteiger charge is 2.38. The SMILES string of the molecule is CC1(C)CSCC(N)(CC(N)=O)C1. The number of carbonyl (C=O) groups excluding carboxylic acids is 1. The van der Waals surface area contributed by atoms with Crippen LogP contribution >= 0.6 is 11.8 Å². The molecule has 1 heterocycles. The van der Waals surface area contributed by atoms with Gasteiger partial charge in [0.1, 0.15) is 0 Å². The molecule has 13 heavy (non-hydrogen) atoms. The number of primary amides is 1. The van der Waals surface area contributed by atoms with Crippen LogP contribution in [0, 0.1) is 5.41 Å². The Labute approximate surface area is 83.6 Å². The summed E-state index contributed by atoms with van der Waals surface area (Å²) in [6.45, 7) is 4.36. The summed E-state index contributed by atoms with van der Waals surface area (Å²) in [7, 11) is 0. The van der Waals surface area contributed by atoms with Crippen molar-refractivity contribution < 1.29 is 4.79 Å².